The molecular weight excluding hydrogens is 862 g/mol. The van der Waals surface area contributed by atoms with Crippen LogP contribution >= 0.6 is 11.6 Å². The first-order valence-electron chi connectivity index (χ1n) is 23.1. The molecule has 368 valence electrons. The minimum absolute atomic E-state index is 0.101. The second kappa shape index (κ2) is 31.1. The molecule has 2 spiro atoms. The normalized spacial score (nSPS) is 17.7. The first kappa shape index (κ1) is 54.6. The van der Waals surface area contributed by atoms with Gasteiger partial charge in [0.05, 0.1) is 124 Å². The zero-order valence-corrected chi connectivity index (χ0v) is 39.9. The quantitative estimate of drug-likeness (QED) is 0.0680. The maximum atomic E-state index is 11.4. The standard InChI is InChI=1S/C23H38N4O5.C18H33N5O4.C4H5ClO/c1-20(2)22(28)4-3-10-29-12-14-31-15-13-30-11-9-27-17-21(24-25-27)16-26-7-5-23(6-8-26)18-32-19-23;19-3-7-24-9-11-26-12-10-25-8-6-23-14-17(20-21-23)13-22-4-1-18(2-5-22)15-27-16-18;1-3(2)4(5)6/h17H,1,3-16,18-19H2,2H3;14H,1-13,15-16,19H2;1H2,2H3. The molecule has 0 bridgehead atoms. The van der Waals surface area contributed by atoms with Gasteiger partial charge in [-0.25, -0.2) is 9.36 Å². The summed E-state index contributed by atoms with van der Waals surface area (Å²) < 4.78 is 47.2. The monoisotopic (exact) mass is 938 g/mol. The predicted octanol–water partition coefficient (Wildman–Crippen LogP) is 3.09. The second-order valence-electron chi connectivity index (χ2n) is 17.3. The minimum Gasteiger partial charge on any atom is -0.380 e. The van der Waals surface area contributed by atoms with Gasteiger partial charge < -0.3 is 43.6 Å². The molecule has 0 aromatic carbocycles. The molecule has 4 aliphatic rings. The van der Waals surface area contributed by atoms with Gasteiger partial charge in [0.2, 0.25) is 5.24 Å². The highest BCUT2D eigenvalue weighted by Crippen LogP contribution is 2.39. The van der Waals surface area contributed by atoms with Gasteiger partial charge in [-0.1, -0.05) is 23.6 Å². The maximum Gasteiger partial charge on any atom is 0.247 e. The third-order valence-corrected chi connectivity index (χ3v) is 11.9. The van der Waals surface area contributed by atoms with Crippen molar-refractivity contribution in [1.29, 1.82) is 0 Å². The van der Waals surface area contributed by atoms with Crippen molar-refractivity contribution < 1.29 is 47.5 Å². The number of carbonyl (C=O) groups is 2. The summed E-state index contributed by atoms with van der Waals surface area (Å²) in [5.41, 5.74) is 9.31. The number of nitrogens with zero attached hydrogens (tertiary/aromatic N) is 8. The van der Waals surface area contributed by atoms with Crippen LogP contribution in [0.5, 0.6) is 0 Å². The van der Waals surface area contributed by atoms with E-state index in [-0.39, 0.29) is 5.78 Å². The van der Waals surface area contributed by atoms with Crippen molar-refractivity contribution in [2.45, 2.75) is 78.6 Å². The second-order valence-corrected chi connectivity index (χ2v) is 17.7. The van der Waals surface area contributed by atoms with Gasteiger partial charge in [0, 0.05) is 61.5 Å². The van der Waals surface area contributed by atoms with Gasteiger partial charge in [0.25, 0.3) is 0 Å². The topological polar surface area (TPSA) is 202 Å². The van der Waals surface area contributed by atoms with Crippen LogP contribution in [0.15, 0.2) is 36.7 Å². The number of nitrogens with two attached hydrogens (primary N) is 1. The zero-order valence-electron chi connectivity index (χ0n) is 39.1. The van der Waals surface area contributed by atoms with E-state index >= 15 is 0 Å². The molecule has 0 radical (unpaired) electrons. The Labute approximate surface area is 390 Å². The van der Waals surface area contributed by atoms with Crippen molar-refractivity contribution in [3.63, 3.8) is 0 Å². The van der Waals surface area contributed by atoms with E-state index < -0.39 is 5.24 Å². The third kappa shape index (κ3) is 22.1. The molecule has 4 aliphatic heterocycles. The van der Waals surface area contributed by atoms with E-state index in [1.54, 1.807) is 13.8 Å². The molecule has 6 rings (SSSR count). The van der Waals surface area contributed by atoms with Crippen molar-refractivity contribution in [2.24, 2.45) is 16.6 Å². The Kier molecular flexibility index (Phi) is 26.1. The molecule has 2 N–H and O–H groups in total. The lowest BCUT2D eigenvalue weighted by Crippen LogP contribution is -2.50. The number of ketones is 1. The maximum absolute atomic E-state index is 11.4. The highest BCUT2D eigenvalue weighted by atomic mass is 35.5. The number of halogens is 1. The zero-order chi connectivity index (χ0) is 46.6. The highest BCUT2D eigenvalue weighted by molar-refractivity contribution is 6.67. The van der Waals surface area contributed by atoms with Gasteiger partial charge in [0.1, 0.15) is 0 Å². The molecule has 2 aromatic heterocycles. The number of piperidine rings is 2. The first-order valence-corrected chi connectivity index (χ1v) is 23.5. The summed E-state index contributed by atoms with van der Waals surface area (Å²) >= 11 is 4.87. The van der Waals surface area contributed by atoms with Crippen LogP contribution in [0, 0.1) is 10.8 Å². The van der Waals surface area contributed by atoms with Crippen LogP contribution in [0.4, 0.5) is 0 Å². The van der Waals surface area contributed by atoms with Crippen LogP contribution in [0.1, 0.15) is 63.8 Å². The van der Waals surface area contributed by atoms with E-state index in [2.05, 4.69) is 43.6 Å². The predicted molar refractivity (Wildman–Crippen MR) is 244 cm³/mol. The van der Waals surface area contributed by atoms with E-state index in [0.717, 1.165) is 77.1 Å². The summed E-state index contributed by atoms with van der Waals surface area (Å²) in [7, 11) is 0. The number of ether oxygens (including phenoxy) is 8. The van der Waals surface area contributed by atoms with E-state index in [1.807, 2.05) is 21.8 Å². The first-order chi connectivity index (χ1) is 31.5. The molecule has 0 saturated carbocycles. The van der Waals surface area contributed by atoms with E-state index in [0.29, 0.717) is 134 Å². The van der Waals surface area contributed by atoms with Crippen LogP contribution in [0.3, 0.4) is 0 Å². The van der Waals surface area contributed by atoms with Gasteiger partial charge >= 0.3 is 0 Å². The average Bonchev–Trinajstić information content (AvgIpc) is 3.93. The van der Waals surface area contributed by atoms with Gasteiger partial charge in [-0.05, 0) is 89.3 Å². The van der Waals surface area contributed by atoms with Crippen LogP contribution in [-0.2, 0) is 73.7 Å². The highest BCUT2D eigenvalue weighted by Gasteiger charge is 2.42. The van der Waals surface area contributed by atoms with Crippen LogP contribution in [-0.4, -0.2) is 189 Å². The Bertz CT molecular complexity index is 1640. The molecule has 4 fully saturated rings. The number of likely N-dealkylation sites (tertiary alicyclic amines) is 2. The van der Waals surface area contributed by atoms with Crippen molar-refractivity contribution in [3.05, 3.63) is 48.1 Å². The third-order valence-electron chi connectivity index (χ3n) is 11.6. The summed E-state index contributed by atoms with van der Waals surface area (Å²) in [4.78, 5) is 26.1. The number of Topliss-reactive ketones (excluding diaryl/α,β-unsaturated/α-hetero) is 1. The van der Waals surface area contributed by atoms with Gasteiger partial charge in [-0.2, -0.15) is 0 Å². The Morgan fingerprint density at radius 3 is 1.34 bits per heavy atom. The lowest BCUT2D eigenvalue weighted by atomic mass is 9.77. The van der Waals surface area contributed by atoms with Crippen molar-refractivity contribution in [3.8, 4) is 0 Å². The van der Waals surface area contributed by atoms with Crippen LogP contribution in [0.25, 0.3) is 0 Å². The van der Waals surface area contributed by atoms with Crippen molar-refractivity contribution in [2.75, 3.05) is 138 Å². The molecule has 0 unspecified atom stereocenters. The summed E-state index contributed by atoms with van der Waals surface area (Å²) in [5, 5.41) is 16.5. The number of hydrogen-bond acceptors (Lipinski definition) is 17. The number of aromatic nitrogens is 6. The molecule has 0 amide bonds. The van der Waals surface area contributed by atoms with Crippen LogP contribution in [0.2, 0.25) is 0 Å². The number of allylic oxidation sites excluding steroid dienone is 2. The Morgan fingerprint density at radius 2 is 1.00 bits per heavy atom. The van der Waals surface area contributed by atoms with Gasteiger partial charge in [-0.15, -0.1) is 10.2 Å². The summed E-state index contributed by atoms with van der Waals surface area (Å²) in [6, 6.07) is 0. The Hall–Kier alpha value is -3.05. The fraction of sp³-hybridized carbons (Fsp3) is 0.778. The molecule has 20 heteroatoms. The summed E-state index contributed by atoms with van der Waals surface area (Å²) in [6.45, 7) is 28.8. The SMILES string of the molecule is C=C(C)C(=O)CCCOCCOCCOCCn1cc(CN2CCC3(CC2)COC3)nn1.C=C(C)C(=O)Cl.NCCOCCOCCOCCn1cc(CN2CCC3(CC2)COC3)nn1. The average molecular weight is 939 g/mol. The molecule has 65 heavy (non-hydrogen) atoms. The molecule has 2 aromatic rings. The number of carbonyl (C=O) groups excluding carboxylic acids is 2. The number of rotatable bonds is 30. The fourth-order valence-corrected chi connectivity index (χ4v) is 7.26. The smallest absolute Gasteiger partial charge is 0.247 e. The molecule has 0 aliphatic carbocycles. The van der Waals surface area contributed by atoms with Gasteiger partial charge in [0.15, 0.2) is 5.78 Å². The largest absolute Gasteiger partial charge is 0.380 e. The molecule has 19 nitrogen and oxygen atoms in total. The molecule has 0 atom stereocenters. The van der Waals surface area contributed by atoms with E-state index in [1.165, 1.54) is 25.7 Å². The summed E-state index contributed by atoms with van der Waals surface area (Å²) in [5.74, 6) is 0.101. The lowest BCUT2D eigenvalue weighted by Gasteiger charge is -2.47. The van der Waals surface area contributed by atoms with Crippen molar-refractivity contribution in [1.82, 2.24) is 39.8 Å². The minimum atomic E-state index is -0.463. The molecule has 6 heterocycles. The van der Waals surface area contributed by atoms with Crippen molar-refractivity contribution >= 4 is 22.6 Å². The molecular formula is C45H76ClN9O10. The van der Waals surface area contributed by atoms with Gasteiger partial charge in [-0.3, -0.25) is 19.4 Å². The van der Waals surface area contributed by atoms with Crippen LogP contribution < -0.4 is 5.73 Å². The number of hydrogen-bond donors (Lipinski definition) is 1. The fourth-order valence-electron chi connectivity index (χ4n) is 7.26. The Balaban J connectivity index is 0.000000255. The molecule has 4 saturated heterocycles. The van der Waals surface area contributed by atoms with E-state index in [9.17, 15) is 9.59 Å². The van der Waals surface area contributed by atoms with E-state index in [4.69, 9.17) is 55.2 Å². The Morgan fingerprint density at radius 1 is 0.631 bits per heavy atom. The summed E-state index contributed by atoms with van der Waals surface area (Å²) in [6.07, 6.45) is 10.1. The lowest BCUT2D eigenvalue weighted by molar-refractivity contribution is -0.140.